The van der Waals surface area contributed by atoms with Gasteiger partial charge in [0, 0.05) is 30.0 Å². The third kappa shape index (κ3) is 5.03. The number of aliphatic hydroxyl groups excluding tert-OH is 2. The van der Waals surface area contributed by atoms with Crippen LogP contribution in [0, 0.1) is 5.92 Å². The number of aliphatic hydroxyl groups is 2. The molecule has 5 unspecified atom stereocenters. The van der Waals surface area contributed by atoms with E-state index in [0.29, 0.717) is 24.7 Å². The Balaban J connectivity index is 1.44. The smallest absolute Gasteiger partial charge is 0.106 e. The summed E-state index contributed by atoms with van der Waals surface area (Å²) in [6, 6.07) is 14.6. The Morgan fingerprint density at radius 2 is 1.90 bits per heavy atom. The van der Waals surface area contributed by atoms with Crippen molar-refractivity contribution in [1.82, 2.24) is 0 Å². The fraction of sp³-hybridized carbons (Fsp3) is 0.458. The molecule has 1 saturated carbocycles. The van der Waals surface area contributed by atoms with Crippen molar-refractivity contribution in [2.45, 2.75) is 49.9 Å². The first-order valence-electron chi connectivity index (χ1n) is 10.5. The van der Waals surface area contributed by atoms with Gasteiger partial charge in [0.05, 0.1) is 24.9 Å². The van der Waals surface area contributed by atoms with Crippen molar-refractivity contribution in [2.75, 3.05) is 13.7 Å². The lowest BCUT2D eigenvalue weighted by Crippen LogP contribution is -2.33. The number of hydrogen-bond acceptors (Lipinski definition) is 5. The van der Waals surface area contributed by atoms with Crippen molar-refractivity contribution >= 4 is 17.8 Å². The van der Waals surface area contributed by atoms with Crippen LogP contribution >= 0.6 is 11.6 Å². The first-order chi connectivity index (χ1) is 14.6. The average molecular weight is 430 g/mol. The molecule has 1 aliphatic carbocycles. The van der Waals surface area contributed by atoms with Crippen LogP contribution in [0.4, 0.5) is 0 Å². The molecule has 30 heavy (non-hydrogen) atoms. The van der Waals surface area contributed by atoms with E-state index >= 15 is 0 Å². The van der Waals surface area contributed by atoms with E-state index < -0.39 is 6.10 Å². The van der Waals surface area contributed by atoms with Crippen LogP contribution in [0.1, 0.15) is 53.5 Å². The molecule has 5 atom stereocenters. The number of benzene rings is 2. The summed E-state index contributed by atoms with van der Waals surface area (Å²) in [7, 11) is 1.57. The Hall–Kier alpha value is -1.92. The van der Waals surface area contributed by atoms with Crippen molar-refractivity contribution in [3.8, 4) is 0 Å². The predicted molar refractivity (Wildman–Crippen MR) is 117 cm³/mol. The van der Waals surface area contributed by atoms with Crippen LogP contribution in [0.5, 0.6) is 0 Å². The fourth-order valence-electron chi connectivity index (χ4n) is 4.26. The molecule has 4 rings (SSSR count). The molecule has 1 heterocycles. The zero-order valence-electron chi connectivity index (χ0n) is 17.1. The summed E-state index contributed by atoms with van der Waals surface area (Å²) >= 11 is 6.47. The second kappa shape index (κ2) is 9.48. The predicted octanol–water partition coefficient (Wildman–Crippen LogP) is 4.24. The van der Waals surface area contributed by atoms with Gasteiger partial charge in [-0.15, -0.1) is 0 Å². The quantitative estimate of drug-likeness (QED) is 0.510. The van der Waals surface area contributed by atoms with Crippen LogP contribution in [-0.4, -0.2) is 42.4 Å². The number of halogens is 1. The highest BCUT2D eigenvalue weighted by molar-refractivity contribution is 6.31. The van der Waals surface area contributed by atoms with Gasteiger partial charge in [-0.25, -0.2) is 0 Å². The van der Waals surface area contributed by atoms with Crippen LogP contribution in [0.2, 0.25) is 5.02 Å². The monoisotopic (exact) mass is 429 g/mol. The molecule has 1 aliphatic heterocycles. The highest BCUT2D eigenvalue weighted by Gasteiger charge is 2.37. The van der Waals surface area contributed by atoms with Gasteiger partial charge in [0.2, 0.25) is 0 Å². The molecule has 1 saturated heterocycles. The Labute approximate surface area is 182 Å². The zero-order chi connectivity index (χ0) is 21.1. The highest BCUT2D eigenvalue weighted by atomic mass is 35.5. The zero-order valence-corrected chi connectivity index (χ0v) is 17.8. The molecule has 2 aromatic rings. The maximum Gasteiger partial charge on any atom is 0.106 e. The molecule has 2 N–H and O–H groups in total. The van der Waals surface area contributed by atoms with Crippen molar-refractivity contribution in [2.24, 2.45) is 11.1 Å². The summed E-state index contributed by atoms with van der Waals surface area (Å²) in [6.45, 7) is -0.0838. The van der Waals surface area contributed by atoms with Gasteiger partial charge in [0.15, 0.2) is 0 Å². The van der Waals surface area contributed by atoms with E-state index in [9.17, 15) is 10.2 Å². The van der Waals surface area contributed by atoms with Gasteiger partial charge in [-0.3, -0.25) is 0 Å². The minimum absolute atomic E-state index is 0.0838. The Morgan fingerprint density at radius 3 is 2.63 bits per heavy atom. The van der Waals surface area contributed by atoms with Crippen LogP contribution in [0.15, 0.2) is 47.6 Å². The van der Waals surface area contributed by atoms with E-state index in [0.717, 1.165) is 29.0 Å². The van der Waals surface area contributed by atoms with Crippen molar-refractivity contribution < 1.29 is 19.8 Å². The molecule has 160 valence electrons. The second-order valence-electron chi connectivity index (χ2n) is 8.27. The highest BCUT2D eigenvalue weighted by Crippen LogP contribution is 2.46. The van der Waals surface area contributed by atoms with Crippen molar-refractivity contribution in [3.63, 3.8) is 0 Å². The molecule has 2 aromatic carbocycles. The maximum atomic E-state index is 10.1. The van der Waals surface area contributed by atoms with Gasteiger partial charge in [0.25, 0.3) is 0 Å². The van der Waals surface area contributed by atoms with Gasteiger partial charge >= 0.3 is 0 Å². The topological polar surface area (TPSA) is 71.3 Å². The normalized spacial score (nSPS) is 28.6. The first kappa shape index (κ1) is 21.3. The molecule has 0 radical (unpaired) electrons. The van der Waals surface area contributed by atoms with Crippen molar-refractivity contribution in [1.29, 1.82) is 0 Å². The fourth-order valence-corrected chi connectivity index (χ4v) is 4.44. The lowest BCUT2D eigenvalue weighted by molar-refractivity contribution is -0.113. The van der Waals surface area contributed by atoms with Crippen LogP contribution in [0.25, 0.3) is 0 Å². The van der Waals surface area contributed by atoms with Crippen LogP contribution < -0.4 is 0 Å². The van der Waals surface area contributed by atoms with E-state index in [1.165, 1.54) is 11.1 Å². The van der Waals surface area contributed by atoms with Crippen molar-refractivity contribution in [3.05, 3.63) is 69.7 Å². The van der Waals surface area contributed by atoms with Crippen LogP contribution in [0.3, 0.4) is 0 Å². The summed E-state index contributed by atoms with van der Waals surface area (Å²) in [5.74, 6) is 0.995. The molecule has 2 fully saturated rings. The van der Waals surface area contributed by atoms with E-state index in [2.05, 4.69) is 35.5 Å². The molecular formula is C24H28ClNO4. The standard InChI is InChI=1S/C24H28ClNO4/c1-29-26-13-19-10-22(19)16-4-2-15(3-5-16)8-18-9-17(6-7-23(18)25)24-12-20(28)11-21(14-27)30-24/h2-7,9,13,19-22,24,27-28H,8,10-12,14H2,1H3/b26-13+. The molecule has 6 heteroatoms. The molecule has 0 spiro atoms. The number of rotatable bonds is 7. The first-order valence-corrected chi connectivity index (χ1v) is 10.8. The summed E-state index contributed by atoms with van der Waals surface area (Å²) in [6.07, 6.45) is 3.70. The van der Waals surface area contributed by atoms with Gasteiger partial charge < -0.3 is 19.8 Å². The maximum absolute atomic E-state index is 10.1. The van der Waals surface area contributed by atoms with E-state index in [1.54, 1.807) is 7.11 Å². The average Bonchev–Trinajstić information content (AvgIpc) is 3.53. The van der Waals surface area contributed by atoms with E-state index in [4.69, 9.17) is 21.2 Å². The van der Waals surface area contributed by atoms with Gasteiger partial charge in [-0.2, -0.15) is 0 Å². The Kier molecular flexibility index (Phi) is 6.74. The summed E-state index contributed by atoms with van der Waals surface area (Å²) < 4.78 is 5.95. The third-order valence-electron chi connectivity index (χ3n) is 6.02. The number of ether oxygens (including phenoxy) is 1. The Bertz CT molecular complexity index is 885. The minimum Gasteiger partial charge on any atom is -0.399 e. The van der Waals surface area contributed by atoms with Gasteiger partial charge in [0.1, 0.15) is 7.11 Å². The van der Waals surface area contributed by atoms with E-state index in [1.807, 2.05) is 18.3 Å². The molecule has 5 nitrogen and oxygen atoms in total. The summed E-state index contributed by atoms with van der Waals surface area (Å²) in [5.41, 5.74) is 4.54. The lowest BCUT2D eigenvalue weighted by atomic mass is 9.94. The summed E-state index contributed by atoms with van der Waals surface area (Å²) in [5, 5.41) is 24.1. The summed E-state index contributed by atoms with van der Waals surface area (Å²) in [4.78, 5) is 4.77. The lowest BCUT2D eigenvalue weighted by Gasteiger charge is -2.32. The SMILES string of the molecule is CO/N=C/C1CC1c1ccc(Cc2cc(C3CC(O)CC(CO)O3)ccc2Cl)cc1. The number of nitrogens with zero attached hydrogens (tertiary/aromatic N) is 1. The van der Waals surface area contributed by atoms with Crippen LogP contribution in [-0.2, 0) is 16.0 Å². The Morgan fingerprint density at radius 1 is 1.13 bits per heavy atom. The number of oxime groups is 1. The minimum atomic E-state index is -0.465. The number of hydrogen-bond donors (Lipinski definition) is 2. The van der Waals surface area contributed by atoms with Gasteiger partial charge in [-0.1, -0.05) is 53.2 Å². The largest absolute Gasteiger partial charge is 0.399 e. The van der Waals surface area contributed by atoms with E-state index in [-0.39, 0.29) is 18.8 Å². The molecule has 0 amide bonds. The molecule has 2 aliphatic rings. The molecule has 0 bridgehead atoms. The second-order valence-corrected chi connectivity index (χ2v) is 8.67. The third-order valence-corrected chi connectivity index (χ3v) is 6.39. The van der Waals surface area contributed by atoms with Gasteiger partial charge in [-0.05, 0) is 47.1 Å². The molecule has 0 aromatic heterocycles. The molecular weight excluding hydrogens is 402 g/mol.